The van der Waals surface area contributed by atoms with Crippen LogP contribution in [0, 0.1) is 11.6 Å². The van der Waals surface area contributed by atoms with Crippen LogP contribution in [0.5, 0.6) is 0 Å². The number of fused-ring (bicyclic) bond motifs is 1. The molecule has 40 heavy (non-hydrogen) atoms. The third-order valence-corrected chi connectivity index (χ3v) is 7.75. The quantitative estimate of drug-likeness (QED) is 0.375. The summed E-state index contributed by atoms with van der Waals surface area (Å²) in [5.41, 5.74) is 1.24. The molecule has 0 bridgehead atoms. The van der Waals surface area contributed by atoms with Gasteiger partial charge >= 0.3 is 0 Å². The molecule has 1 amide bonds. The average Bonchev–Trinajstić information content (AvgIpc) is 3.61. The summed E-state index contributed by atoms with van der Waals surface area (Å²) in [7, 11) is 0. The zero-order valence-electron chi connectivity index (χ0n) is 22.2. The van der Waals surface area contributed by atoms with Gasteiger partial charge in [0.1, 0.15) is 23.8 Å². The minimum atomic E-state index is -0.707. The van der Waals surface area contributed by atoms with Gasteiger partial charge < -0.3 is 19.4 Å². The van der Waals surface area contributed by atoms with Crippen molar-refractivity contribution in [2.24, 2.45) is 0 Å². The maximum Gasteiger partial charge on any atom is 0.256 e. The molecule has 2 aliphatic rings. The van der Waals surface area contributed by atoms with Crippen LogP contribution in [0.15, 0.2) is 41.2 Å². The van der Waals surface area contributed by atoms with Crippen LogP contribution in [0.1, 0.15) is 60.6 Å². The van der Waals surface area contributed by atoms with Gasteiger partial charge in [-0.2, -0.15) is 4.98 Å². The highest BCUT2D eigenvalue weighted by Gasteiger charge is 2.29. The van der Waals surface area contributed by atoms with Crippen LogP contribution in [0.25, 0.3) is 22.0 Å². The Morgan fingerprint density at radius 3 is 2.65 bits per heavy atom. The number of piperidine rings is 1. The van der Waals surface area contributed by atoms with Gasteiger partial charge in [-0.05, 0) is 55.5 Å². The van der Waals surface area contributed by atoms with E-state index in [1.54, 1.807) is 6.07 Å². The number of nitrogens with zero attached hydrogens (tertiary/aromatic N) is 6. The van der Waals surface area contributed by atoms with Crippen molar-refractivity contribution in [3.05, 3.63) is 65.6 Å². The van der Waals surface area contributed by atoms with Crippen LogP contribution in [-0.2, 0) is 6.42 Å². The summed E-state index contributed by atoms with van der Waals surface area (Å²) in [5, 5.41) is 14.4. The predicted octanol–water partition coefficient (Wildman–Crippen LogP) is 4.50. The number of hydrogen-bond donors (Lipinski definition) is 1. The molecule has 4 aromatic rings. The number of halogens is 2. The van der Waals surface area contributed by atoms with Gasteiger partial charge in [0.25, 0.3) is 5.91 Å². The lowest BCUT2D eigenvalue weighted by atomic mass is 9.95. The SMILES string of the molecule is CCCc1nc(C2CCN(c3ncnc4c(-c5ccc(C(=O)N6CCC(O)C6)c(F)c5)cc(F)cc34)CC2)no1. The monoisotopic (exact) mass is 548 g/mol. The molecule has 4 heterocycles. The van der Waals surface area contributed by atoms with Gasteiger partial charge in [-0.15, -0.1) is 0 Å². The Morgan fingerprint density at radius 2 is 1.93 bits per heavy atom. The summed E-state index contributed by atoms with van der Waals surface area (Å²) in [6, 6.07) is 6.97. The molecule has 0 spiro atoms. The summed E-state index contributed by atoms with van der Waals surface area (Å²) in [5.74, 6) is 0.516. The van der Waals surface area contributed by atoms with Crippen molar-refractivity contribution < 1.29 is 23.2 Å². The van der Waals surface area contributed by atoms with E-state index in [4.69, 9.17) is 4.52 Å². The molecule has 9 nitrogen and oxygen atoms in total. The summed E-state index contributed by atoms with van der Waals surface area (Å²) < 4.78 is 35.5. The highest BCUT2D eigenvalue weighted by atomic mass is 19.1. The molecule has 1 unspecified atom stereocenters. The number of carbonyl (C=O) groups excluding carboxylic acids is 1. The van der Waals surface area contributed by atoms with E-state index >= 15 is 4.39 Å². The van der Waals surface area contributed by atoms with Crippen molar-refractivity contribution in [3.63, 3.8) is 0 Å². The fourth-order valence-electron chi connectivity index (χ4n) is 5.64. The fourth-order valence-corrected chi connectivity index (χ4v) is 5.64. The highest BCUT2D eigenvalue weighted by molar-refractivity contribution is 6.00. The first-order valence-electron chi connectivity index (χ1n) is 13.7. The number of amides is 1. The molecule has 0 saturated carbocycles. The molecule has 0 radical (unpaired) electrons. The molecule has 2 aromatic carbocycles. The van der Waals surface area contributed by atoms with Crippen LogP contribution < -0.4 is 4.90 Å². The number of β-amino-alcohol motifs (C(OH)–C–C–N with tert-alkyl or cyclic N) is 1. The van der Waals surface area contributed by atoms with E-state index in [9.17, 15) is 14.3 Å². The Labute approximate surface area is 229 Å². The largest absolute Gasteiger partial charge is 0.391 e. The van der Waals surface area contributed by atoms with E-state index < -0.39 is 23.6 Å². The first-order valence-corrected chi connectivity index (χ1v) is 13.7. The zero-order chi connectivity index (χ0) is 27.8. The van der Waals surface area contributed by atoms with Crippen LogP contribution in [-0.4, -0.2) is 68.3 Å². The van der Waals surface area contributed by atoms with Gasteiger partial charge in [-0.3, -0.25) is 4.79 Å². The van der Waals surface area contributed by atoms with Crippen molar-refractivity contribution >= 4 is 22.6 Å². The van der Waals surface area contributed by atoms with Gasteiger partial charge in [0.2, 0.25) is 5.89 Å². The van der Waals surface area contributed by atoms with Gasteiger partial charge in [-0.1, -0.05) is 18.1 Å². The number of rotatable bonds is 6. The molecule has 2 aliphatic heterocycles. The fraction of sp³-hybridized carbons (Fsp3) is 0.414. The summed E-state index contributed by atoms with van der Waals surface area (Å²) in [4.78, 5) is 29.8. The number of aliphatic hydroxyl groups is 1. The Morgan fingerprint density at radius 1 is 1.10 bits per heavy atom. The molecular weight excluding hydrogens is 518 g/mol. The number of aromatic nitrogens is 4. The minimum Gasteiger partial charge on any atom is -0.391 e. The molecule has 0 aliphatic carbocycles. The van der Waals surface area contributed by atoms with Gasteiger partial charge in [0, 0.05) is 49.5 Å². The van der Waals surface area contributed by atoms with Crippen LogP contribution in [0.4, 0.5) is 14.6 Å². The predicted molar refractivity (Wildman–Crippen MR) is 144 cm³/mol. The second kappa shape index (κ2) is 10.9. The van der Waals surface area contributed by atoms with Crippen LogP contribution in [0.3, 0.4) is 0 Å². The number of anilines is 1. The maximum absolute atomic E-state index is 15.2. The average molecular weight is 549 g/mol. The molecule has 1 N–H and O–H groups in total. The van der Waals surface area contributed by atoms with E-state index in [1.165, 1.54) is 35.5 Å². The Kier molecular flexibility index (Phi) is 7.14. The van der Waals surface area contributed by atoms with Gasteiger partial charge in [0.05, 0.1) is 17.2 Å². The first-order chi connectivity index (χ1) is 19.4. The number of hydrogen-bond acceptors (Lipinski definition) is 8. The smallest absolute Gasteiger partial charge is 0.256 e. The maximum atomic E-state index is 15.2. The second-order valence-electron chi connectivity index (χ2n) is 10.5. The number of aryl methyl sites for hydroxylation is 1. The first kappa shape index (κ1) is 26.2. The minimum absolute atomic E-state index is 0.0832. The van der Waals surface area contributed by atoms with Crippen molar-refractivity contribution in [3.8, 4) is 11.1 Å². The van der Waals surface area contributed by atoms with Crippen molar-refractivity contribution in [2.45, 2.75) is 51.0 Å². The van der Waals surface area contributed by atoms with Crippen molar-refractivity contribution in [1.82, 2.24) is 25.0 Å². The molecule has 11 heteroatoms. The standard InChI is InChI=1S/C29H30F2N6O3/c1-2-3-25-34-27(35-40-25)17-6-9-36(10-7-17)28-23-14-19(30)13-22(26(23)32-16-33-28)18-4-5-21(24(31)12-18)29(39)37-11-8-20(38)15-37/h4-5,12-14,16-17,20,38H,2-3,6-11,15H2,1H3. The van der Waals surface area contributed by atoms with E-state index in [0.29, 0.717) is 59.8 Å². The Balaban J connectivity index is 1.26. The van der Waals surface area contributed by atoms with E-state index in [0.717, 1.165) is 31.5 Å². The summed E-state index contributed by atoms with van der Waals surface area (Å²) >= 11 is 0. The number of carbonyl (C=O) groups is 1. The zero-order valence-corrected chi connectivity index (χ0v) is 22.2. The molecule has 6 rings (SSSR count). The van der Waals surface area contributed by atoms with Crippen molar-refractivity contribution in [2.75, 3.05) is 31.1 Å². The lowest BCUT2D eigenvalue weighted by molar-refractivity contribution is 0.0760. The Hall–Kier alpha value is -3.99. The molecule has 2 aromatic heterocycles. The van der Waals surface area contributed by atoms with Crippen LogP contribution in [0.2, 0.25) is 0 Å². The second-order valence-corrected chi connectivity index (χ2v) is 10.5. The van der Waals surface area contributed by atoms with Crippen LogP contribution >= 0.6 is 0 Å². The third kappa shape index (κ3) is 5.01. The Bertz CT molecular complexity index is 1550. The number of likely N-dealkylation sites (tertiary alicyclic amines) is 1. The van der Waals surface area contributed by atoms with E-state index in [-0.39, 0.29) is 18.0 Å². The van der Waals surface area contributed by atoms with Gasteiger partial charge in [-0.25, -0.2) is 18.7 Å². The summed E-state index contributed by atoms with van der Waals surface area (Å²) in [6.45, 7) is 3.98. The molecular formula is C29H30F2N6O3. The normalized spacial score (nSPS) is 18.1. The van der Waals surface area contributed by atoms with Gasteiger partial charge in [0.15, 0.2) is 5.82 Å². The number of aliphatic hydroxyl groups excluding tert-OH is 1. The summed E-state index contributed by atoms with van der Waals surface area (Å²) in [6.07, 6.45) is 4.62. The van der Waals surface area contributed by atoms with Crippen molar-refractivity contribution in [1.29, 1.82) is 0 Å². The van der Waals surface area contributed by atoms with E-state index in [1.807, 2.05) is 0 Å². The lowest BCUT2D eigenvalue weighted by Crippen LogP contribution is -2.34. The molecule has 208 valence electrons. The highest BCUT2D eigenvalue weighted by Crippen LogP contribution is 2.36. The molecule has 1 atom stereocenters. The third-order valence-electron chi connectivity index (χ3n) is 7.75. The van der Waals surface area contributed by atoms with E-state index in [2.05, 4.69) is 31.9 Å². The topological polar surface area (TPSA) is 108 Å². The molecule has 2 fully saturated rings. The lowest BCUT2D eigenvalue weighted by Gasteiger charge is -2.32. The molecule has 2 saturated heterocycles. The number of benzene rings is 2.